The molecule has 0 bridgehead atoms. The summed E-state index contributed by atoms with van der Waals surface area (Å²) in [7, 11) is 3.39. The lowest BCUT2D eigenvalue weighted by atomic mass is 10.2. The summed E-state index contributed by atoms with van der Waals surface area (Å²) in [4.78, 5) is 13.2. The molecule has 0 atom stereocenters. The van der Waals surface area contributed by atoms with Crippen LogP contribution in [0.1, 0.15) is 6.42 Å². The van der Waals surface area contributed by atoms with E-state index in [1.54, 1.807) is 19.1 Å². The van der Waals surface area contributed by atoms with Gasteiger partial charge in [-0.25, -0.2) is 0 Å². The molecule has 0 N–H and O–H groups in total. The summed E-state index contributed by atoms with van der Waals surface area (Å²) in [6.45, 7) is 0. The number of carbonyl (C=O) groups excluding carboxylic acids is 1. The van der Waals surface area contributed by atoms with Gasteiger partial charge in [0.25, 0.3) is 0 Å². The van der Waals surface area contributed by atoms with Gasteiger partial charge in [-0.05, 0) is 24.3 Å². The van der Waals surface area contributed by atoms with Crippen LogP contribution in [0, 0.1) is 0 Å². The molecule has 0 aliphatic carbocycles. The summed E-state index contributed by atoms with van der Waals surface area (Å²) >= 11 is 3.25. The lowest BCUT2D eigenvalue weighted by Gasteiger charge is -2.16. The second-order valence-electron chi connectivity index (χ2n) is 3.09. The van der Waals surface area contributed by atoms with Crippen LogP contribution in [0.15, 0.2) is 24.3 Å². The van der Waals surface area contributed by atoms with E-state index in [1.165, 1.54) is 0 Å². The third-order valence-corrected chi connectivity index (χ3v) is 2.54. The molecule has 0 saturated heterocycles. The highest BCUT2D eigenvalue weighted by molar-refractivity contribution is 9.09. The van der Waals surface area contributed by atoms with Gasteiger partial charge in [-0.15, -0.1) is 0 Å². The summed E-state index contributed by atoms with van der Waals surface area (Å²) in [6, 6.07) is 7.41. The molecule has 0 heterocycles. The fraction of sp³-hybridized carbons (Fsp3) is 0.364. The van der Waals surface area contributed by atoms with Crippen LogP contribution >= 0.6 is 15.9 Å². The molecule has 0 radical (unpaired) electrons. The minimum absolute atomic E-state index is 0.0945. The van der Waals surface area contributed by atoms with Gasteiger partial charge < -0.3 is 9.64 Å². The van der Waals surface area contributed by atoms with Crippen molar-refractivity contribution in [2.24, 2.45) is 0 Å². The van der Waals surface area contributed by atoms with Gasteiger partial charge in [0.1, 0.15) is 5.75 Å². The van der Waals surface area contributed by atoms with E-state index in [1.807, 2.05) is 24.3 Å². The zero-order valence-electron chi connectivity index (χ0n) is 8.87. The number of rotatable bonds is 4. The first kappa shape index (κ1) is 12.0. The van der Waals surface area contributed by atoms with Gasteiger partial charge in [0, 0.05) is 24.5 Å². The minimum Gasteiger partial charge on any atom is -0.497 e. The van der Waals surface area contributed by atoms with Crippen LogP contribution in [0.3, 0.4) is 0 Å². The molecule has 0 spiro atoms. The van der Waals surface area contributed by atoms with Gasteiger partial charge in [-0.2, -0.15) is 0 Å². The third kappa shape index (κ3) is 3.23. The third-order valence-electron chi connectivity index (χ3n) is 2.14. The smallest absolute Gasteiger partial charge is 0.227 e. The van der Waals surface area contributed by atoms with Gasteiger partial charge in [-0.3, -0.25) is 4.79 Å². The Labute approximate surface area is 98.2 Å². The Morgan fingerprint density at radius 1 is 1.40 bits per heavy atom. The van der Waals surface area contributed by atoms with Crippen LogP contribution in [-0.4, -0.2) is 25.4 Å². The molecule has 1 rings (SSSR count). The van der Waals surface area contributed by atoms with Crippen molar-refractivity contribution >= 4 is 27.5 Å². The molecule has 1 amide bonds. The zero-order valence-corrected chi connectivity index (χ0v) is 10.5. The number of nitrogens with zero attached hydrogens (tertiary/aromatic N) is 1. The number of methoxy groups -OCH3 is 1. The normalized spacial score (nSPS) is 9.80. The average Bonchev–Trinajstić information content (AvgIpc) is 2.28. The first-order valence-corrected chi connectivity index (χ1v) is 5.77. The maximum Gasteiger partial charge on any atom is 0.227 e. The number of hydrogen-bond acceptors (Lipinski definition) is 2. The van der Waals surface area contributed by atoms with Crippen molar-refractivity contribution in [2.75, 3.05) is 24.4 Å². The van der Waals surface area contributed by atoms with E-state index < -0.39 is 0 Å². The lowest BCUT2D eigenvalue weighted by molar-refractivity contribution is -0.117. The van der Waals surface area contributed by atoms with E-state index in [9.17, 15) is 4.79 Å². The molecule has 15 heavy (non-hydrogen) atoms. The van der Waals surface area contributed by atoms with E-state index in [4.69, 9.17) is 4.74 Å². The quantitative estimate of drug-likeness (QED) is 0.788. The van der Waals surface area contributed by atoms with E-state index in [0.717, 1.165) is 11.4 Å². The number of hydrogen-bond donors (Lipinski definition) is 0. The Bertz CT molecular complexity index is 324. The van der Waals surface area contributed by atoms with Gasteiger partial charge >= 0.3 is 0 Å². The molecule has 0 saturated carbocycles. The molecule has 1 aromatic rings. The van der Waals surface area contributed by atoms with E-state index in [-0.39, 0.29) is 5.91 Å². The van der Waals surface area contributed by atoms with E-state index in [2.05, 4.69) is 15.9 Å². The maximum atomic E-state index is 11.6. The predicted octanol–water partition coefficient (Wildman–Crippen LogP) is 2.44. The van der Waals surface area contributed by atoms with E-state index >= 15 is 0 Å². The summed E-state index contributed by atoms with van der Waals surface area (Å²) < 4.78 is 5.05. The molecule has 0 aliphatic rings. The van der Waals surface area contributed by atoms with Crippen LogP contribution in [-0.2, 0) is 4.79 Å². The van der Waals surface area contributed by atoms with Gasteiger partial charge in [0.15, 0.2) is 0 Å². The lowest BCUT2D eigenvalue weighted by Crippen LogP contribution is -2.26. The van der Waals surface area contributed by atoms with Gasteiger partial charge in [0.05, 0.1) is 7.11 Å². The average molecular weight is 272 g/mol. The molecular formula is C11H14BrNO2. The van der Waals surface area contributed by atoms with Crippen molar-refractivity contribution in [1.82, 2.24) is 0 Å². The highest BCUT2D eigenvalue weighted by Gasteiger charge is 2.09. The largest absolute Gasteiger partial charge is 0.497 e. The Hall–Kier alpha value is -1.03. The number of alkyl halides is 1. The minimum atomic E-state index is 0.0945. The highest BCUT2D eigenvalue weighted by Crippen LogP contribution is 2.18. The molecule has 4 heteroatoms. The second-order valence-corrected chi connectivity index (χ2v) is 3.88. The number of benzene rings is 1. The number of ether oxygens (including phenoxy) is 1. The van der Waals surface area contributed by atoms with Crippen molar-refractivity contribution < 1.29 is 9.53 Å². The summed E-state index contributed by atoms with van der Waals surface area (Å²) in [5.74, 6) is 0.886. The molecular weight excluding hydrogens is 258 g/mol. The zero-order chi connectivity index (χ0) is 11.3. The monoisotopic (exact) mass is 271 g/mol. The van der Waals surface area contributed by atoms with Crippen molar-refractivity contribution in [3.63, 3.8) is 0 Å². The van der Waals surface area contributed by atoms with E-state index in [0.29, 0.717) is 11.8 Å². The Morgan fingerprint density at radius 3 is 2.47 bits per heavy atom. The maximum absolute atomic E-state index is 11.6. The topological polar surface area (TPSA) is 29.5 Å². The first-order chi connectivity index (χ1) is 7.19. The fourth-order valence-electron chi connectivity index (χ4n) is 1.20. The second kappa shape index (κ2) is 5.75. The SMILES string of the molecule is COc1ccc(N(C)C(=O)CCBr)cc1. The number of anilines is 1. The Balaban J connectivity index is 2.73. The van der Waals surface area contributed by atoms with Crippen LogP contribution in [0.5, 0.6) is 5.75 Å². The summed E-state index contributed by atoms with van der Waals surface area (Å²) in [6.07, 6.45) is 0.503. The van der Waals surface area contributed by atoms with Crippen molar-refractivity contribution in [3.8, 4) is 5.75 Å². The molecule has 0 aromatic heterocycles. The molecule has 82 valence electrons. The van der Waals surface area contributed by atoms with Gasteiger partial charge in [-0.1, -0.05) is 15.9 Å². The Kier molecular flexibility index (Phi) is 4.62. The van der Waals surface area contributed by atoms with Crippen LogP contribution in [0.25, 0.3) is 0 Å². The standard InChI is InChI=1S/C11H14BrNO2/c1-13(11(14)7-8-12)9-3-5-10(15-2)6-4-9/h3-6H,7-8H2,1-2H3. The number of halogens is 1. The first-order valence-electron chi connectivity index (χ1n) is 4.65. The van der Waals surface area contributed by atoms with Crippen LogP contribution in [0.4, 0.5) is 5.69 Å². The number of amides is 1. The molecule has 1 aromatic carbocycles. The van der Waals surface area contributed by atoms with Crippen LogP contribution < -0.4 is 9.64 Å². The highest BCUT2D eigenvalue weighted by atomic mass is 79.9. The molecule has 3 nitrogen and oxygen atoms in total. The fourth-order valence-corrected chi connectivity index (χ4v) is 1.54. The summed E-state index contributed by atoms with van der Waals surface area (Å²) in [5, 5.41) is 0.687. The van der Waals surface area contributed by atoms with Crippen molar-refractivity contribution in [2.45, 2.75) is 6.42 Å². The predicted molar refractivity (Wildman–Crippen MR) is 64.8 cm³/mol. The molecule has 0 aliphatic heterocycles. The van der Waals surface area contributed by atoms with Crippen molar-refractivity contribution in [1.29, 1.82) is 0 Å². The Morgan fingerprint density at radius 2 is 2.00 bits per heavy atom. The molecule has 0 unspecified atom stereocenters. The van der Waals surface area contributed by atoms with Gasteiger partial charge in [0.2, 0.25) is 5.91 Å². The molecule has 0 fully saturated rings. The summed E-state index contributed by atoms with van der Waals surface area (Å²) in [5.41, 5.74) is 0.877. The van der Waals surface area contributed by atoms with Crippen LogP contribution in [0.2, 0.25) is 0 Å². The van der Waals surface area contributed by atoms with Crippen molar-refractivity contribution in [3.05, 3.63) is 24.3 Å². The number of carbonyl (C=O) groups is 1.